The van der Waals surface area contributed by atoms with E-state index >= 15 is 0 Å². The number of hydrogen-bond donors (Lipinski definition) is 0. The van der Waals surface area contributed by atoms with Gasteiger partial charge < -0.3 is 0 Å². The Morgan fingerprint density at radius 2 is 0.852 bits per heavy atom. The lowest BCUT2D eigenvalue weighted by molar-refractivity contribution is 0.399. The van der Waals surface area contributed by atoms with Crippen molar-refractivity contribution < 1.29 is 48.3 Å². The molecule has 54 heavy (non-hydrogen) atoms. The SMILES string of the molecule is [C-]#[N+]C(=C1N=c2c(F)c(F)c(F)c(F)c2=N1)c1cc(/C(C#N)=C2/N=c3c(F)c(C)c(F)c(F)c3=N2)cc(C(C#N)=C2N=c3c(F)c(F)c(F)c(F)c3=N2)n1. The molecule has 0 spiro atoms. The quantitative estimate of drug-likeness (QED) is 0.104. The van der Waals surface area contributed by atoms with Gasteiger partial charge in [-0.2, -0.15) is 10.5 Å². The monoisotopic (exact) mass is 750 g/mol. The highest BCUT2D eigenvalue weighted by Gasteiger charge is 2.29. The van der Waals surface area contributed by atoms with E-state index < -0.39 is 153 Å². The van der Waals surface area contributed by atoms with Crippen LogP contribution >= 0.6 is 0 Å². The van der Waals surface area contributed by atoms with E-state index in [0.29, 0.717) is 0 Å². The Kier molecular flexibility index (Phi) is 7.99. The second-order valence-electron chi connectivity index (χ2n) is 10.9. The van der Waals surface area contributed by atoms with Crippen LogP contribution in [0.4, 0.5) is 48.3 Å². The van der Waals surface area contributed by atoms with Gasteiger partial charge >= 0.3 is 0 Å². The highest BCUT2D eigenvalue weighted by molar-refractivity contribution is 5.86. The summed E-state index contributed by atoms with van der Waals surface area (Å²) < 4.78 is 158. The van der Waals surface area contributed by atoms with Crippen LogP contribution < -0.4 is 32.1 Å². The first-order chi connectivity index (χ1) is 25.6. The lowest BCUT2D eigenvalue weighted by Gasteiger charge is -2.09. The summed E-state index contributed by atoms with van der Waals surface area (Å²) in [6.45, 7) is 8.65. The maximum absolute atomic E-state index is 14.9. The molecule has 7 rings (SSSR count). The number of aromatic nitrogens is 1. The zero-order chi connectivity index (χ0) is 39.1. The lowest BCUT2D eigenvalue weighted by Crippen LogP contribution is -2.32. The molecule has 0 aliphatic carbocycles. The first-order valence-corrected chi connectivity index (χ1v) is 14.3. The zero-order valence-electron chi connectivity index (χ0n) is 25.8. The summed E-state index contributed by atoms with van der Waals surface area (Å²) in [4.78, 5) is 29.0. The van der Waals surface area contributed by atoms with Gasteiger partial charge in [0.1, 0.15) is 55.4 Å². The topological polar surface area (TPSA) is 139 Å². The van der Waals surface area contributed by atoms with Crippen molar-refractivity contribution in [3.63, 3.8) is 0 Å². The van der Waals surface area contributed by atoms with Gasteiger partial charge in [-0.25, -0.2) is 83.1 Å². The Morgan fingerprint density at radius 1 is 0.500 bits per heavy atom. The molecule has 264 valence electrons. The predicted molar refractivity (Wildman–Crippen MR) is 153 cm³/mol. The summed E-state index contributed by atoms with van der Waals surface area (Å²) in [5, 5.41) is 13.9. The van der Waals surface area contributed by atoms with Crippen LogP contribution in [0.1, 0.15) is 22.5 Å². The first-order valence-electron chi connectivity index (χ1n) is 14.3. The highest BCUT2D eigenvalue weighted by Crippen LogP contribution is 2.31. The maximum atomic E-state index is 14.9. The van der Waals surface area contributed by atoms with Crippen LogP contribution in [-0.2, 0) is 0 Å². The summed E-state index contributed by atoms with van der Waals surface area (Å²) in [5.74, 6) is -24.3. The molecule has 0 radical (unpaired) electrons. The van der Waals surface area contributed by atoms with Gasteiger partial charge in [-0.05, 0) is 24.6 Å². The molecule has 3 aliphatic heterocycles. The largest absolute Gasteiger partial charge is 0.259 e. The molecule has 3 aliphatic rings. The van der Waals surface area contributed by atoms with Crippen LogP contribution in [0.15, 0.2) is 59.6 Å². The fraction of sp³-hybridized carbons (Fsp3) is 0.0303. The zero-order valence-corrected chi connectivity index (χ0v) is 25.8. The maximum Gasteiger partial charge on any atom is 0.255 e. The van der Waals surface area contributed by atoms with Gasteiger partial charge in [-0.1, -0.05) is 0 Å². The highest BCUT2D eigenvalue weighted by atomic mass is 19.2. The van der Waals surface area contributed by atoms with Crippen molar-refractivity contribution in [2.45, 2.75) is 6.92 Å². The van der Waals surface area contributed by atoms with Gasteiger partial charge in [0.05, 0.1) is 18.0 Å². The Labute approximate surface area is 289 Å². The average Bonchev–Trinajstić information content (AvgIpc) is 3.92. The Hall–Kier alpha value is -7.47. The Bertz CT molecular complexity index is 2670. The van der Waals surface area contributed by atoms with E-state index in [9.17, 15) is 58.8 Å². The molecule has 0 atom stereocenters. The summed E-state index contributed by atoms with van der Waals surface area (Å²) in [7, 11) is 0. The van der Waals surface area contributed by atoms with Crippen molar-refractivity contribution in [3.05, 3.63) is 160 Å². The number of nitriles is 2. The van der Waals surface area contributed by atoms with Gasteiger partial charge in [0.2, 0.25) is 0 Å². The molecule has 0 saturated heterocycles. The van der Waals surface area contributed by atoms with Crippen LogP contribution in [0, 0.1) is 100 Å². The van der Waals surface area contributed by atoms with Crippen molar-refractivity contribution in [1.82, 2.24) is 4.98 Å². The molecule has 21 heteroatoms. The lowest BCUT2D eigenvalue weighted by atomic mass is 10.0. The first kappa shape index (κ1) is 35.0. The molecular weight excluding hydrogens is 745 g/mol. The predicted octanol–water partition coefficient (Wildman–Crippen LogP) is 3.71. The molecule has 0 unspecified atom stereocenters. The van der Waals surface area contributed by atoms with E-state index in [1.54, 1.807) is 12.1 Å². The summed E-state index contributed by atoms with van der Waals surface area (Å²) in [6.07, 6.45) is 0. The molecule has 1 aromatic heterocycles. The summed E-state index contributed by atoms with van der Waals surface area (Å²) >= 11 is 0. The van der Waals surface area contributed by atoms with Crippen LogP contribution in [-0.4, -0.2) is 4.98 Å². The van der Waals surface area contributed by atoms with E-state index in [-0.39, 0.29) is 0 Å². The Morgan fingerprint density at radius 3 is 1.26 bits per heavy atom. The number of hydrogen-bond acceptors (Lipinski definition) is 9. The smallest absolute Gasteiger partial charge is 0.255 e. The van der Waals surface area contributed by atoms with Gasteiger partial charge in [-0.15, -0.1) is 0 Å². The van der Waals surface area contributed by atoms with Crippen molar-refractivity contribution >= 4 is 16.8 Å². The number of fused-ring (bicyclic) bond motifs is 3. The second-order valence-corrected chi connectivity index (χ2v) is 10.9. The Balaban J connectivity index is 1.56. The minimum Gasteiger partial charge on any atom is -0.259 e. The van der Waals surface area contributed by atoms with Crippen molar-refractivity contribution in [1.29, 1.82) is 10.5 Å². The summed E-state index contributed by atoms with van der Waals surface area (Å²) in [6, 6.07) is 4.84. The van der Waals surface area contributed by atoms with Crippen LogP contribution in [0.3, 0.4) is 0 Å². The fourth-order valence-electron chi connectivity index (χ4n) is 5.23. The molecule has 3 aromatic carbocycles. The van der Waals surface area contributed by atoms with E-state index in [4.69, 9.17) is 6.57 Å². The number of allylic oxidation sites excluding steroid dienone is 2. The van der Waals surface area contributed by atoms with Gasteiger partial charge in [0.25, 0.3) is 5.70 Å². The molecule has 0 bridgehead atoms. The van der Waals surface area contributed by atoms with Crippen molar-refractivity contribution in [2.75, 3.05) is 0 Å². The third-order valence-corrected chi connectivity index (χ3v) is 7.84. The van der Waals surface area contributed by atoms with Gasteiger partial charge in [0, 0.05) is 5.56 Å². The number of rotatable bonds is 3. The van der Waals surface area contributed by atoms with Crippen molar-refractivity contribution in [3.8, 4) is 12.1 Å². The third kappa shape index (κ3) is 4.95. The molecule has 4 aromatic rings. The molecule has 0 N–H and O–H groups in total. The molecule has 4 heterocycles. The standard InChI is InChI=1S/C33H5F11N10/c1-7-13(34)19(40)26-25(14(7)35)49-31(50-26)9(5-45)8-3-11(10(6-46)32-51-27-20(41)15(36)16(37)21(42)28(27)52-32)48-12(4-8)24(47-2)33-53-29-22(43)17(38)18(39)23(44)30(29)54-33/h3-4H,1H3/b31-9-. The van der Waals surface area contributed by atoms with Gasteiger partial charge in [-0.3, -0.25) is 4.98 Å². The molecule has 10 nitrogen and oxygen atoms in total. The summed E-state index contributed by atoms with van der Waals surface area (Å²) in [5.41, 5.74) is -5.18. The third-order valence-electron chi connectivity index (χ3n) is 7.84. The van der Waals surface area contributed by atoms with E-state index in [0.717, 1.165) is 19.1 Å². The minimum atomic E-state index is -2.27. The van der Waals surface area contributed by atoms with Gasteiger partial charge in [0.15, 0.2) is 81.5 Å². The normalized spacial score (nSPS) is 14.2. The molecule has 0 amide bonds. The van der Waals surface area contributed by atoms with Crippen molar-refractivity contribution in [2.24, 2.45) is 30.0 Å². The fourth-order valence-corrected chi connectivity index (χ4v) is 5.23. The van der Waals surface area contributed by atoms with E-state index in [1.807, 2.05) is 0 Å². The molecule has 0 fully saturated rings. The second kappa shape index (κ2) is 12.3. The number of benzene rings is 3. The number of nitrogens with zero attached hydrogens (tertiary/aromatic N) is 10. The van der Waals surface area contributed by atoms with E-state index in [2.05, 4.69) is 39.8 Å². The average molecular weight is 750 g/mol. The van der Waals surface area contributed by atoms with Crippen LogP contribution in [0.25, 0.3) is 21.7 Å². The van der Waals surface area contributed by atoms with E-state index in [1.165, 1.54) is 0 Å². The number of halogens is 11. The minimum absolute atomic E-state index is 0.490. The molecule has 0 saturated carbocycles. The van der Waals surface area contributed by atoms with Crippen LogP contribution in [0.2, 0.25) is 0 Å². The van der Waals surface area contributed by atoms with Crippen LogP contribution in [0.5, 0.6) is 0 Å². The number of pyridine rings is 1. The molecular formula is C33H5F11N10.